The van der Waals surface area contributed by atoms with E-state index in [4.69, 9.17) is 10.5 Å². The zero-order chi connectivity index (χ0) is 15.5. The molecule has 3 heteroatoms. The van der Waals surface area contributed by atoms with Crippen LogP contribution in [0.5, 0.6) is 0 Å². The Kier molecular flexibility index (Phi) is 4.43. The quantitative estimate of drug-likeness (QED) is 0.872. The van der Waals surface area contributed by atoms with Crippen molar-refractivity contribution < 1.29 is 9.53 Å². The number of hydrogen-bond acceptors (Lipinski definition) is 3. The van der Waals surface area contributed by atoms with Gasteiger partial charge in [0.15, 0.2) is 0 Å². The van der Waals surface area contributed by atoms with Crippen molar-refractivity contribution in [2.45, 2.75) is 32.9 Å². The van der Waals surface area contributed by atoms with Crippen molar-refractivity contribution in [3.63, 3.8) is 0 Å². The largest absolute Gasteiger partial charge is 0.456 e. The molecule has 0 amide bonds. The molecule has 0 radical (unpaired) electrons. The van der Waals surface area contributed by atoms with Crippen LogP contribution in [0.3, 0.4) is 0 Å². The molecule has 0 bridgehead atoms. The van der Waals surface area contributed by atoms with E-state index >= 15 is 0 Å². The maximum atomic E-state index is 12.0. The van der Waals surface area contributed by atoms with Crippen molar-refractivity contribution in [1.82, 2.24) is 0 Å². The number of ether oxygens (including phenoxy) is 1. The van der Waals surface area contributed by atoms with Gasteiger partial charge in [0.25, 0.3) is 0 Å². The van der Waals surface area contributed by atoms with Gasteiger partial charge in [0.2, 0.25) is 0 Å². The van der Waals surface area contributed by atoms with Crippen LogP contribution in [0.25, 0.3) is 11.1 Å². The molecule has 0 aromatic heterocycles. The summed E-state index contributed by atoms with van der Waals surface area (Å²) < 4.78 is 5.35. The summed E-state index contributed by atoms with van der Waals surface area (Å²) in [6.07, 6.45) is 0. The van der Waals surface area contributed by atoms with Crippen molar-refractivity contribution in [2.24, 2.45) is 5.73 Å². The third-order valence-corrected chi connectivity index (χ3v) is 3.04. The first-order valence-corrected chi connectivity index (χ1v) is 7.02. The standard InChI is InChI=1S/C18H21NO2/c1-18(2,3)21-17(20)16-10-8-15(9-11-16)14-6-4-13(12-19)5-7-14/h4-11H,12,19H2,1-3H3. The van der Waals surface area contributed by atoms with Gasteiger partial charge in [0.1, 0.15) is 5.60 Å². The maximum Gasteiger partial charge on any atom is 0.338 e. The first-order valence-electron chi connectivity index (χ1n) is 7.02. The Labute approximate surface area is 125 Å². The van der Waals surface area contributed by atoms with E-state index in [1.165, 1.54) is 0 Å². The number of benzene rings is 2. The summed E-state index contributed by atoms with van der Waals surface area (Å²) in [4.78, 5) is 12.0. The van der Waals surface area contributed by atoms with E-state index in [1.54, 1.807) is 12.1 Å². The predicted octanol–water partition coefficient (Wildman–Crippen LogP) is 3.77. The predicted molar refractivity (Wildman–Crippen MR) is 84.9 cm³/mol. The third-order valence-electron chi connectivity index (χ3n) is 3.04. The number of nitrogens with two attached hydrogens (primary N) is 1. The topological polar surface area (TPSA) is 52.3 Å². The van der Waals surface area contributed by atoms with E-state index in [2.05, 4.69) is 0 Å². The Balaban J connectivity index is 2.16. The van der Waals surface area contributed by atoms with E-state index in [9.17, 15) is 4.79 Å². The Morgan fingerprint density at radius 3 is 1.86 bits per heavy atom. The number of rotatable bonds is 3. The Morgan fingerprint density at radius 2 is 1.43 bits per heavy atom. The van der Waals surface area contributed by atoms with Crippen LogP contribution in [0.1, 0.15) is 36.7 Å². The highest BCUT2D eigenvalue weighted by Gasteiger charge is 2.17. The fourth-order valence-corrected chi connectivity index (χ4v) is 1.97. The molecule has 2 N–H and O–H groups in total. The average Bonchev–Trinajstić information content (AvgIpc) is 2.46. The van der Waals surface area contributed by atoms with Gasteiger partial charge in [-0.2, -0.15) is 0 Å². The minimum Gasteiger partial charge on any atom is -0.456 e. The molecule has 21 heavy (non-hydrogen) atoms. The minimum atomic E-state index is -0.478. The summed E-state index contributed by atoms with van der Waals surface area (Å²) in [6, 6.07) is 15.5. The van der Waals surface area contributed by atoms with Gasteiger partial charge in [0.05, 0.1) is 5.56 Å². The Morgan fingerprint density at radius 1 is 0.952 bits per heavy atom. The van der Waals surface area contributed by atoms with E-state index in [0.717, 1.165) is 16.7 Å². The first kappa shape index (κ1) is 15.3. The van der Waals surface area contributed by atoms with Crippen LogP contribution in [0.15, 0.2) is 48.5 Å². The van der Waals surface area contributed by atoms with Crippen molar-refractivity contribution in [2.75, 3.05) is 0 Å². The summed E-state index contributed by atoms with van der Waals surface area (Å²) in [5.74, 6) is -0.299. The molecule has 2 aromatic rings. The van der Waals surface area contributed by atoms with Gasteiger partial charge in [-0.25, -0.2) is 4.79 Å². The SMILES string of the molecule is CC(C)(C)OC(=O)c1ccc(-c2ccc(CN)cc2)cc1. The van der Waals surface area contributed by atoms with Crippen LogP contribution in [-0.4, -0.2) is 11.6 Å². The summed E-state index contributed by atoms with van der Waals surface area (Å²) in [5, 5.41) is 0. The zero-order valence-corrected chi connectivity index (χ0v) is 12.7. The van der Waals surface area contributed by atoms with Crippen LogP contribution in [0, 0.1) is 0 Å². The highest BCUT2D eigenvalue weighted by atomic mass is 16.6. The van der Waals surface area contributed by atoms with E-state index in [-0.39, 0.29) is 5.97 Å². The molecule has 0 fully saturated rings. The molecule has 2 aromatic carbocycles. The maximum absolute atomic E-state index is 12.0. The molecule has 0 saturated carbocycles. The summed E-state index contributed by atoms with van der Waals surface area (Å²) >= 11 is 0. The van der Waals surface area contributed by atoms with Gasteiger partial charge in [-0.1, -0.05) is 36.4 Å². The van der Waals surface area contributed by atoms with Crippen molar-refractivity contribution in [3.05, 3.63) is 59.7 Å². The lowest BCUT2D eigenvalue weighted by Crippen LogP contribution is -2.23. The molecule has 0 atom stereocenters. The molecule has 0 spiro atoms. The molecule has 0 saturated heterocycles. The second kappa shape index (κ2) is 6.10. The number of carbonyl (C=O) groups excluding carboxylic acids is 1. The first-order chi connectivity index (χ1) is 9.89. The smallest absolute Gasteiger partial charge is 0.338 e. The van der Waals surface area contributed by atoms with Crippen LogP contribution >= 0.6 is 0 Å². The normalized spacial score (nSPS) is 11.2. The van der Waals surface area contributed by atoms with Crippen LogP contribution < -0.4 is 5.73 Å². The van der Waals surface area contributed by atoms with Crippen molar-refractivity contribution in [3.8, 4) is 11.1 Å². The van der Waals surface area contributed by atoms with Crippen LogP contribution in [0.4, 0.5) is 0 Å². The number of esters is 1. The van der Waals surface area contributed by atoms with Gasteiger partial charge in [-0.15, -0.1) is 0 Å². The molecule has 3 nitrogen and oxygen atoms in total. The van der Waals surface area contributed by atoms with Crippen LogP contribution in [-0.2, 0) is 11.3 Å². The fraction of sp³-hybridized carbons (Fsp3) is 0.278. The summed E-state index contributed by atoms with van der Waals surface area (Å²) in [7, 11) is 0. The molecule has 0 unspecified atom stereocenters. The van der Waals surface area contributed by atoms with E-state index in [0.29, 0.717) is 12.1 Å². The van der Waals surface area contributed by atoms with Gasteiger partial charge in [0, 0.05) is 6.54 Å². The fourth-order valence-electron chi connectivity index (χ4n) is 1.97. The highest BCUT2D eigenvalue weighted by molar-refractivity contribution is 5.90. The number of hydrogen-bond donors (Lipinski definition) is 1. The molecule has 0 aliphatic carbocycles. The molecule has 0 aliphatic heterocycles. The average molecular weight is 283 g/mol. The second-order valence-corrected chi connectivity index (χ2v) is 5.98. The molecular weight excluding hydrogens is 262 g/mol. The molecule has 110 valence electrons. The van der Waals surface area contributed by atoms with Gasteiger partial charge >= 0.3 is 5.97 Å². The van der Waals surface area contributed by atoms with Crippen molar-refractivity contribution in [1.29, 1.82) is 0 Å². The molecular formula is C18H21NO2. The van der Waals surface area contributed by atoms with Gasteiger partial charge in [-0.05, 0) is 49.6 Å². The number of carbonyl (C=O) groups is 1. The molecule has 2 rings (SSSR count). The lowest BCUT2D eigenvalue weighted by molar-refractivity contribution is 0.00696. The zero-order valence-electron chi connectivity index (χ0n) is 12.7. The minimum absolute atomic E-state index is 0.299. The lowest BCUT2D eigenvalue weighted by atomic mass is 10.0. The Bertz CT molecular complexity index is 607. The molecule has 0 heterocycles. The second-order valence-electron chi connectivity index (χ2n) is 5.98. The van der Waals surface area contributed by atoms with Gasteiger partial charge in [-0.3, -0.25) is 0 Å². The van der Waals surface area contributed by atoms with Crippen molar-refractivity contribution >= 4 is 5.97 Å². The monoisotopic (exact) mass is 283 g/mol. The lowest BCUT2D eigenvalue weighted by Gasteiger charge is -2.19. The summed E-state index contributed by atoms with van der Waals surface area (Å²) in [6.45, 7) is 6.12. The van der Waals surface area contributed by atoms with E-state index in [1.807, 2.05) is 57.2 Å². The van der Waals surface area contributed by atoms with Crippen LogP contribution in [0.2, 0.25) is 0 Å². The third kappa shape index (κ3) is 4.17. The summed E-state index contributed by atoms with van der Waals surface area (Å²) in [5.41, 5.74) is 8.94. The van der Waals surface area contributed by atoms with E-state index < -0.39 is 5.60 Å². The highest BCUT2D eigenvalue weighted by Crippen LogP contribution is 2.21. The molecule has 0 aliphatic rings. The Hall–Kier alpha value is -2.13. The van der Waals surface area contributed by atoms with Gasteiger partial charge < -0.3 is 10.5 Å².